The number of fused-ring (bicyclic) bond motifs is 1. The topological polar surface area (TPSA) is 102 Å². The summed E-state index contributed by atoms with van der Waals surface area (Å²) in [5.41, 5.74) is 2.96. The van der Waals surface area contributed by atoms with E-state index < -0.39 is 4.92 Å². The van der Waals surface area contributed by atoms with Gasteiger partial charge in [0.2, 0.25) is 5.91 Å². The van der Waals surface area contributed by atoms with Gasteiger partial charge in [-0.25, -0.2) is 5.01 Å². The van der Waals surface area contributed by atoms with Crippen molar-refractivity contribution < 1.29 is 19.2 Å². The normalized spacial score (nSPS) is 21.2. The standard InChI is InChI=1S/C23H33N3O5/c27-17-19-16-20(12-13-22(19)26(29)30)31-15-6-2-1-3-11-23(28)24-25-14-7-9-18-8-4-5-10-21(18)25/h12-13,16-18,21H,1-11,14-15H2,(H,24,28). The van der Waals surface area contributed by atoms with Crippen LogP contribution in [-0.4, -0.2) is 41.3 Å². The lowest BCUT2D eigenvalue weighted by Gasteiger charge is -2.43. The number of hydrogen-bond acceptors (Lipinski definition) is 6. The molecule has 1 amide bonds. The molecular formula is C23H33N3O5. The van der Waals surface area contributed by atoms with Crippen molar-refractivity contribution in [2.75, 3.05) is 13.2 Å². The molecule has 0 spiro atoms. The Bertz CT molecular complexity index is 768. The van der Waals surface area contributed by atoms with Crippen LogP contribution in [0.2, 0.25) is 0 Å². The molecule has 3 rings (SSSR count). The molecule has 0 bridgehead atoms. The molecule has 0 radical (unpaired) electrons. The third-order valence-corrected chi connectivity index (χ3v) is 6.40. The van der Waals surface area contributed by atoms with Crippen molar-refractivity contribution >= 4 is 17.9 Å². The number of hydrazine groups is 1. The van der Waals surface area contributed by atoms with Gasteiger partial charge in [0.05, 0.1) is 17.1 Å². The number of nitrogens with one attached hydrogen (secondary N) is 1. The summed E-state index contributed by atoms with van der Waals surface area (Å²) >= 11 is 0. The van der Waals surface area contributed by atoms with Gasteiger partial charge < -0.3 is 4.74 Å². The summed E-state index contributed by atoms with van der Waals surface area (Å²) in [5.74, 6) is 1.32. The van der Waals surface area contributed by atoms with Gasteiger partial charge in [-0.3, -0.25) is 25.1 Å². The molecule has 1 N–H and O–H groups in total. The largest absolute Gasteiger partial charge is 0.494 e. The summed E-state index contributed by atoms with van der Waals surface area (Å²) in [5, 5.41) is 13.1. The molecule has 8 nitrogen and oxygen atoms in total. The predicted molar refractivity (Wildman–Crippen MR) is 117 cm³/mol. The van der Waals surface area contributed by atoms with E-state index in [0.29, 0.717) is 31.1 Å². The first-order valence-corrected chi connectivity index (χ1v) is 11.5. The van der Waals surface area contributed by atoms with Crippen LogP contribution in [0.1, 0.15) is 81.0 Å². The zero-order valence-corrected chi connectivity index (χ0v) is 18.1. The van der Waals surface area contributed by atoms with Gasteiger partial charge in [0.1, 0.15) is 5.75 Å². The number of carbonyl (C=O) groups is 2. The lowest BCUT2D eigenvalue weighted by Crippen LogP contribution is -2.55. The van der Waals surface area contributed by atoms with Gasteiger partial charge in [0.25, 0.3) is 5.69 Å². The average Bonchev–Trinajstić information content (AvgIpc) is 2.78. The van der Waals surface area contributed by atoms with Gasteiger partial charge in [-0.15, -0.1) is 0 Å². The zero-order chi connectivity index (χ0) is 22.1. The molecule has 1 aliphatic carbocycles. The highest BCUT2D eigenvalue weighted by Crippen LogP contribution is 2.34. The van der Waals surface area contributed by atoms with Crippen molar-refractivity contribution in [3.05, 3.63) is 33.9 Å². The molecule has 1 aromatic carbocycles. The van der Waals surface area contributed by atoms with Crippen LogP contribution in [0.15, 0.2) is 18.2 Å². The fraction of sp³-hybridized carbons (Fsp3) is 0.652. The van der Waals surface area contributed by atoms with E-state index in [1.807, 2.05) is 0 Å². The number of rotatable bonds is 11. The Morgan fingerprint density at radius 2 is 1.94 bits per heavy atom. The quantitative estimate of drug-likeness (QED) is 0.241. The molecule has 31 heavy (non-hydrogen) atoms. The van der Waals surface area contributed by atoms with E-state index in [9.17, 15) is 19.7 Å². The Hall–Kier alpha value is -2.48. The maximum absolute atomic E-state index is 12.3. The van der Waals surface area contributed by atoms with Crippen molar-refractivity contribution in [2.45, 2.75) is 76.7 Å². The molecule has 0 aromatic heterocycles. The minimum Gasteiger partial charge on any atom is -0.494 e. The summed E-state index contributed by atoms with van der Waals surface area (Å²) in [7, 11) is 0. The van der Waals surface area contributed by atoms with Crippen molar-refractivity contribution in [3.8, 4) is 5.75 Å². The van der Waals surface area contributed by atoms with Gasteiger partial charge in [-0.05, 0) is 56.6 Å². The maximum atomic E-state index is 12.3. The van der Waals surface area contributed by atoms with Crippen molar-refractivity contribution in [1.82, 2.24) is 10.4 Å². The van der Waals surface area contributed by atoms with Crippen LogP contribution in [0, 0.1) is 16.0 Å². The number of carbonyl (C=O) groups excluding carboxylic acids is 2. The number of nitrogens with zero attached hydrogens (tertiary/aromatic N) is 2. The lowest BCUT2D eigenvalue weighted by molar-refractivity contribution is -0.385. The van der Waals surface area contributed by atoms with E-state index in [1.165, 1.54) is 56.7 Å². The van der Waals surface area contributed by atoms with Gasteiger partial charge in [-0.1, -0.05) is 25.7 Å². The Morgan fingerprint density at radius 3 is 2.74 bits per heavy atom. The van der Waals surface area contributed by atoms with E-state index in [1.54, 1.807) is 0 Å². The number of piperidine rings is 1. The van der Waals surface area contributed by atoms with Crippen molar-refractivity contribution in [3.63, 3.8) is 0 Å². The molecule has 170 valence electrons. The first-order chi connectivity index (χ1) is 15.1. The number of hydrogen-bond donors (Lipinski definition) is 1. The highest BCUT2D eigenvalue weighted by atomic mass is 16.6. The first-order valence-electron chi connectivity index (χ1n) is 11.5. The van der Waals surface area contributed by atoms with Crippen LogP contribution in [0.5, 0.6) is 5.75 Å². The summed E-state index contributed by atoms with van der Waals surface area (Å²) in [6.45, 7) is 1.44. The number of ether oxygens (including phenoxy) is 1. The molecule has 2 fully saturated rings. The fourth-order valence-electron chi connectivity index (χ4n) is 4.79. The molecule has 1 aromatic rings. The molecule has 2 atom stereocenters. The first kappa shape index (κ1) is 23.2. The zero-order valence-electron chi connectivity index (χ0n) is 18.1. The second-order valence-corrected chi connectivity index (χ2v) is 8.59. The van der Waals surface area contributed by atoms with Crippen LogP contribution in [0.25, 0.3) is 0 Å². The highest BCUT2D eigenvalue weighted by Gasteiger charge is 2.33. The Morgan fingerprint density at radius 1 is 1.16 bits per heavy atom. The van der Waals surface area contributed by atoms with Gasteiger partial charge in [0.15, 0.2) is 6.29 Å². The van der Waals surface area contributed by atoms with E-state index >= 15 is 0 Å². The fourth-order valence-corrected chi connectivity index (χ4v) is 4.79. The second kappa shape index (κ2) is 11.8. The number of unbranched alkanes of at least 4 members (excludes halogenated alkanes) is 3. The third-order valence-electron chi connectivity index (χ3n) is 6.40. The van der Waals surface area contributed by atoms with E-state index in [2.05, 4.69) is 10.4 Å². The highest BCUT2D eigenvalue weighted by molar-refractivity contribution is 5.82. The van der Waals surface area contributed by atoms with Crippen LogP contribution in [-0.2, 0) is 4.79 Å². The van der Waals surface area contributed by atoms with Crippen molar-refractivity contribution in [1.29, 1.82) is 0 Å². The van der Waals surface area contributed by atoms with Gasteiger partial charge in [-0.2, -0.15) is 0 Å². The average molecular weight is 432 g/mol. The van der Waals surface area contributed by atoms with Gasteiger partial charge in [0, 0.05) is 25.1 Å². The number of benzene rings is 1. The lowest BCUT2D eigenvalue weighted by atomic mass is 9.79. The van der Waals surface area contributed by atoms with E-state index in [0.717, 1.165) is 38.1 Å². The number of aldehydes is 1. The molecule has 1 saturated carbocycles. The van der Waals surface area contributed by atoms with Crippen LogP contribution in [0.3, 0.4) is 0 Å². The van der Waals surface area contributed by atoms with E-state index in [4.69, 9.17) is 4.74 Å². The minimum atomic E-state index is -0.581. The molecule has 1 heterocycles. The molecule has 1 saturated heterocycles. The van der Waals surface area contributed by atoms with Gasteiger partial charge >= 0.3 is 0 Å². The number of nitro groups is 1. The van der Waals surface area contributed by atoms with Crippen LogP contribution in [0.4, 0.5) is 5.69 Å². The van der Waals surface area contributed by atoms with Crippen molar-refractivity contribution in [2.24, 2.45) is 5.92 Å². The second-order valence-electron chi connectivity index (χ2n) is 8.59. The Balaban J connectivity index is 1.28. The number of amides is 1. The SMILES string of the molecule is O=Cc1cc(OCCCCCCC(=O)NN2CCCC3CCCCC32)ccc1[N+](=O)[O-]. The maximum Gasteiger partial charge on any atom is 0.280 e. The summed E-state index contributed by atoms with van der Waals surface area (Å²) in [6, 6.07) is 4.72. The van der Waals surface area contributed by atoms with Crippen LogP contribution < -0.4 is 10.2 Å². The minimum absolute atomic E-state index is 0.0155. The smallest absolute Gasteiger partial charge is 0.280 e. The monoisotopic (exact) mass is 431 g/mol. The summed E-state index contributed by atoms with van der Waals surface area (Å²) in [4.78, 5) is 33.6. The predicted octanol–water partition coefficient (Wildman–Crippen LogP) is 4.42. The summed E-state index contributed by atoms with van der Waals surface area (Å²) < 4.78 is 5.59. The molecule has 2 aliphatic rings. The summed E-state index contributed by atoms with van der Waals surface area (Å²) in [6.07, 6.45) is 12.1. The van der Waals surface area contributed by atoms with Crippen LogP contribution >= 0.6 is 0 Å². The van der Waals surface area contributed by atoms with E-state index in [-0.39, 0.29) is 17.2 Å². The number of nitro benzene ring substituents is 1. The molecule has 2 unspecified atom stereocenters. The Kier molecular flexibility index (Phi) is 8.82. The third kappa shape index (κ3) is 6.75. The molecule has 8 heteroatoms. The Labute approximate surface area is 183 Å². The molecule has 1 aliphatic heterocycles. The molecular weight excluding hydrogens is 398 g/mol.